The van der Waals surface area contributed by atoms with Gasteiger partial charge in [0.1, 0.15) is 0 Å². The average Bonchev–Trinajstić information content (AvgIpc) is 2.89. The zero-order valence-electron chi connectivity index (χ0n) is 12.2. The average molecular weight is 246 g/mol. The van der Waals surface area contributed by atoms with Crippen molar-refractivity contribution in [3.63, 3.8) is 0 Å². The molecule has 0 aliphatic rings. The maximum atomic E-state index is 3.34. The van der Waals surface area contributed by atoms with Gasteiger partial charge in [0.05, 0.1) is 11.2 Å². The maximum Gasteiger partial charge on any atom is 0.0691 e. The first-order valence-corrected chi connectivity index (χ1v) is 7.17. The summed E-state index contributed by atoms with van der Waals surface area (Å²) in [5.41, 5.74) is 2.61. The highest BCUT2D eigenvalue weighted by molar-refractivity contribution is 5.91. The summed E-state index contributed by atoms with van der Waals surface area (Å²) < 4.78 is 0. The molecule has 2 aromatic rings. The van der Waals surface area contributed by atoms with E-state index in [1.54, 1.807) is 0 Å². The Morgan fingerprint density at radius 3 is 2.28 bits per heavy atom. The zero-order valence-corrected chi connectivity index (χ0v) is 12.2. The highest BCUT2D eigenvalue weighted by Crippen LogP contribution is 2.25. The summed E-state index contributed by atoms with van der Waals surface area (Å²) in [5.74, 6) is 0. The van der Waals surface area contributed by atoms with E-state index in [0.29, 0.717) is 0 Å². The van der Waals surface area contributed by atoms with Gasteiger partial charge < -0.3 is 9.88 Å². The van der Waals surface area contributed by atoms with Crippen LogP contribution in [-0.2, 0) is 0 Å². The molecule has 1 N–H and O–H groups in total. The Balaban J connectivity index is 0.000000771. The third-order valence-electron chi connectivity index (χ3n) is 2.89. The summed E-state index contributed by atoms with van der Waals surface area (Å²) >= 11 is 0. The number of hydrogen-bond acceptors (Lipinski definition) is 1. The summed E-state index contributed by atoms with van der Waals surface area (Å²) in [7, 11) is 0. The zero-order chi connectivity index (χ0) is 13.4. The van der Waals surface area contributed by atoms with E-state index in [1.165, 1.54) is 29.4 Å². The summed E-state index contributed by atoms with van der Waals surface area (Å²) in [4.78, 5) is 5.81. The summed E-state index contributed by atoms with van der Waals surface area (Å²) in [6, 6.07) is 8.65. The molecule has 1 heterocycles. The Hall–Kier alpha value is -1.44. The molecule has 2 rings (SSSR count). The van der Waals surface area contributed by atoms with E-state index in [9.17, 15) is 0 Å². The fourth-order valence-corrected chi connectivity index (χ4v) is 2.22. The van der Waals surface area contributed by atoms with Crippen molar-refractivity contribution in [3.05, 3.63) is 30.5 Å². The number of rotatable bonds is 5. The van der Waals surface area contributed by atoms with E-state index < -0.39 is 0 Å². The molecule has 0 atom stereocenters. The number of benzene rings is 1. The van der Waals surface area contributed by atoms with Crippen LogP contribution in [0.2, 0.25) is 0 Å². The lowest BCUT2D eigenvalue weighted by Crippen LogP contribution is -2.25. The van der Waals surface area contributed by atoms with Crippen LogP contribution in [0.1, 0.15) is 40.5 Å². The highest BCUT2D eigenvalue weighted by Gasteiger charge is 2.08. The first-order valence-electron chi connectivity index (χ1n) is 7.17. The number of nitrogens with zero attached hydrogens (tertiary/aromatic N) is 1. The summed E-state index contributed by atoms with van der Waals surface area (Å²) in [6.07, 6.45) is 4.40. The Morgan fingerprint density at radius 2 is 1.67 bits per heavy atom. The minimum absolute atomic E-state index is 1.13. The van der Waals surface area contributed by atoms with Gasteiger partial charge in [-0.2, -0.15) is 0 Å². The lowest BCUT2D eigenvalue weighted by atomic mass is 10.2. The van der Waals surface area contributed by atoms with Gasteiger partial charge in [-0.3, -0.25) is 0 Å². The summed E-state index contributed by atoms with van der Waals surface area (Å²) in [6.45, 7) is 10.7. The first kappa shape index (κ1) is 14.6. The van der Waals surface area contributed by atoms with Crippen molar-refractivity contribution < 1.29 is 0 Å². The predicted molar refractivity (Wildman–Crippen MR) is 82.4 cm³/mol. The number of anilines is 1. The van der Waals surface area contributed by atoms with Crippen LogP contribution in [0, 0.1) is 0 Å². The molecule has 18 heavy (non-hydrogen) atoms. The molecule has 0 spiro atoms. The van der Waals surface area contributed by atoms with E-state index >= 15 is 0 Å². The molecule has 2 nitrogen and oxygen atoms in total. The molecule has 0 saturated heterocycles. The van der Waals surface area contributed by atoms with Gasteiger partial charge in [0.15, 0.2) is 0 Å². The van der Waals surface area contributed by atoms with Crippen molar-refractivity contribution >= 4 is 16.6 Å². The topological polar surface area (TPSA) is 19.0 Å². The van der Waals surface area contributed by atoms with E-state index in [1.807, 2.05) is 20.0 Å². The lowest BCUT2D eigenvalue weighted by Gasteiger charge is -2.24. The van der Waals surface area contributed by atoms with Crippen LogP contribution in [0.3, 0.4) is 0 Å². The van der Waals surface area contributed by atoms with Crippen molar-refractivity contribution in [1.29, 1.82) is 0 Å². The van der Waals surface area contributed by atoms with Gasteiger partial charge in [0.25, 0.3) is 0 Å². The fourth-order valence-electron chi connectivity index (χ4n) is 2.22. The van der Waals surface area contributed by atoms with Gasteiger partial charge in [0, 0.05) is 24.7 Å². The lowest BCUT2D eigenvalue weighted by molar-refractivity contribution is 0.747. The van der Waals surface area contributed by atoms with E-state index in [2.05, 4.69) is 48.0 Å². The van der Waals surface area contributed by atoms with Crippen LogP contribution in [-0.4, -0.2) is 18.1 Å². The summed E-state index contributed by atoms with van der Waals surface area (Å²) in [5, 5.41) is 1.30. The molecule has 100 valence electrons. The van der Waals surface area contributed by atoms with E-state index in [-0.39, 0.29) is 0 Å². The number of para-hydroxylation sites is 1. The molecule has 1 aromatic heterocycles. The number of aromatic amines is 1. The van der Waals surface area contributed by atoms with Crippen LogP contribution >= 0.6 is 0 Å². The van der Waals surface area contributed by atoms with Crippen molar-refractivity contribution in [1.82, 2.24) is 4.98 Å². The van der Waals surface area contributed by atoms with E-state index in [4.69, 9.17) is 0 Å². The van der Waals surface area contributed by atoms with Gasteiger partial charge in [-0.1, -0.05) is 39.8 Å². The Labute approximate surface area is 111 Å². The maximum absolute atomic E-state index is 3.34. The number of fused-ring (bicyclic) bond motifs is 1. The van der Waals surface area contributed by atoms with Gasteiger partial charge in [0.2, 0.25) is 0 Å². The van der Waals surface area contributed by atoms with Crippen LogP contribution in [0.4, 0.5) is 5.69 Å². The highest BCUT2D eigenvalue weighted by atomic mass is 15.1. The van der Waals surface area contributed by atoms with Gasteiger partial charge in [-0.25, -0.2) is 0 Å². The minimum Gasteiger partial charge on any atom is -0.370 e. The molecule has 0 amide bonds. The second kappa shape index (κ2) is 7.80. The third-order valence-corrected chi connectivity index (χ3v) is 2.89. The molecule has 0 aliphatic carbocycles. The Morgan fingerprint density at radius 1 is 1.00 bits per heavy atom. The normalized spacial score (nSPS) is 10.0. The number of nitrogens with one attached hydrogen (secondary N) is 1. The van der Waals surface area contributed by atoms with Crippen molar-refractivity contribution in [3.8, 4) is 0 Å². The number of hydrogen-bond donors (Lipinski definition) is 1. The van der Waals surface area contributed by atoms with Crippen LogP contribution < -0.4 is 4.90 Å². The quantitative estimate of drug-likeness (QED) is 0.801. The van der Waals surface area contributed by atoms with Crippen LogP contribution in [0.15, 0.2) is 30.5 Å². The molecule has 0 bridgehead atoms. The predicted octanol–water partition coefficient (Wildman–Crippen LogP) is 4.82. The molecule has 1 aromatic carbocycles. The standard InChI is InChI=1S/C14H20N2.C2H6/c1-3-10-16(11-4-2)13-7-5-6-12-8-9-15-14(12)13;1-2/h5-9,15H,3-4,10-11H2,1-2H3;1-2H3. The molecule has 2 heteroatoms. The molecule has 0 unspecified atom stereocenters. The smallest absolute Gasteiger partial charge is 0.0691 e. The number of H-pyrrole nitrogens is 1. The van der Waals surface area contributed by atoms with Crippen molar-refractivity contribution in [2.75, 3.05) is 18.0 Å². The van der Waals surface area contributed by atoms with Gasteiger partial charge in [-0.05, 0) is 25.0 Å². The molecule has 0 saturated carbocycles. The monoisotopic (exact) mass is 246 g/mol. The van der Waals surface area contributed by atoms with Gasteiger partial charge in [-0.15, -0.1) is 0 Å². The SMILES string of the molecule is CC.CCCN(CCC)c1cccc2cc[nH]c12. The largest absolute Gasteiger partial charge is 0.370 e. The molecule has 0 aliphatic heterocycles. The Kier molecular flexibility index (Phi) is 6.34. The molecule has 0 radical (unpaired) electrons. The van der Waals surface area contributed by atoms with Gasteiger partial charge >= 0.3 is 0 Å². The first-order chi connectivity index (χ1) is 8.86. The minimum atomic E-state index is 1.13. The van der Waals surface area contributed by atoms with Crippen LogP contribution in [0.25, 0.3) is 10.9 Å². The van der Waals surface area contributed by atoms with E-state index in [0.717, 1.165) is 13.1 Å². The molecular weight excluding hydrogens is 220 g/mol. The number of aromatic nitrogens is 1. The molecular formula is C16H26N2. The van der Waals surface area contributed by atoms with Crippen molar-refractivity contribution in [2.24, 2.45) is 0 Å². The third kappa shape index (κ3) is 3.28. The second-order valence-corrected chi connectivity index (χ2v) is 4.21. The molecule has 0 fully saturated rings. The van der Waals surface area contributed by atoms with Crippen molar-refractivity contribution in [2.45, 2.75) is 40.5 Å². The fraction of sp³-hybridized carbons (Fsp3) is 0.500. The van der Waals surface area contributed by atoms with Crippen LogP contribution in [0.5, 0.6) is 0 Å². The second-order valence-electron chi connectivity index (χ2n) is 4.21. The Bertz CT molecular complexity index is 439.